The van der Waals surface area contributed by atoms with Crippen LogP contribution in [0.25, 0.3) is 16.5 Å². The lowest BCUT2D eigenvalue weighted by molar-refractivity contribution is -0.116. The number of H-pyrrole nitrogens is 1. The fourth-order valence-corrected chi connectivity index (χ4v) is 3.66. The average molecular weight is 376 g/mol. The first-order chi connectivity index (χ1) is 12.3. The number of carbonyl (C=O) groups is 2. The largest absolute Gasteiger partial charge is 0.366 e. The Labute approximate surface area is 155 Å². The monoisotopic (exact) mass is 375 g/mol. The third-order valence-electron chi connectivity index (χ3n) is 4.60. The molecule has 1 aliphatic rings. The van der Waals surface area contributed by atoms with Crippen molar-refractivity contribution in [2.24, 2.45) is 5.73 Å². The first-order valence-electron chi connectivity index (χ1n) is 8.27. The molecule has 5 nitrogen and oxygen atoms in total. The van der Waals surface area contributed by atoms with Crippen LogP contribution in [0.3, 0.4) is 0 Å². The smallest absolute Gasteiger partial charge is 0.250 e. The third kappa shape index (κ3) is 3.12. The molecule has 1 aliphatic carbocycles. The number of fused-ring (bicyclic) bond motifs is 1. The van der Waals surface area contributed by atoms with Gasteiger partial charge < -0.3 is 16.0 Å². The van der Waals surface area contributed by atoms with Crippen molar-refractivity contribution in [3.05, 3.63) is 52.5 Å². The van der Waals surface area contributed by atoms with Crippen LogP contribution in [0.2, 0.25) is 5.02 Å². The van der Waals surface area contributed by atoms with Crippen LogP contribution >= 0.6 is 11.6 Å². The third-order valence-corrected chi connectivity index (χ3v) is 5.08. The molecule has 0 saturated heterocycles. The maximum atomic E-state index is 14.9. The van der Waals surface area contributed by atoms with Gasteiger partial charge in [-0.05, 0) is 43.9 Å². The van der Waals surface area contributed by atoms with Gasteiger partial charge in [0.2, 0.25) is 5.91 Å². The number of primary amides is 1. The van der Waals surface area contributed by atoms with Crippen LogP contribution < -0.4 is 11.1 Å². The van der Waals surface area contributed by atoms with Crippen LogP contribution in [0.1, 0.15) is 40.9 Å². The molecule has 7 heteroatoms. The molecule has 0 radical (unpaired) electrons. The standard InChI is InChI=1S/C19H19ClFN3O2/c1-3-14(25)24-11-6-4-5-10(7-11)15-13(21)8-12(19(22)26)18-16(15)17(20)9(2)23-18/h3,7-8,11,23H,1,4-6H2,2H3,(H2,22,26)(H,24,25)/t11-/m1/s1. The van der Waals surface area contributed by atoms with Crippen LogP contribution in [-0.2, 0) is 4.79 Å². The van der Waals surface area contributed by atoms with E-state index in [9.17, 15) is 14.0 Å². The summed E-state index contributed by atoms with van der Waals surface area (Å²) in [7, 11) is 0. The van der Waals surface area contributed by atoms with E-state index in [1.54, 1.807) is 6.92 Å². The minimum absolute atomic E-state index is 0.0594. The number of nitrogens with one attached hydrogen (secondary N) is 2. The van der Waals surface area contributed by atoms with Crippen LogP contribution in [0.15, 0.2) is 24.8 Å². The lowest BCUT2D eigenvalue weighted by Gasteiger charge is -2.23. The number of rotatable bonds is 4. The molecule has 1 heterocycles. The molecule has 0 unspecified atom stereocenters. The van der Waals surface area contributed by atoms with E-state index >= 15 is 0 Å². The zero-order valence-corrected chi connectivity index (χ0v) is 15.0. The van der Waals surface area contributed by atoms with Crippen LogP contribution in [0, 0.1) is 12.7 Å². The Morgan fingerprint density at radius 1 is 1.50 bits per heavy atom. The molecule has 1 aromatic carbocycles. The SMILES string of the molecule is C=CC(=O)N[C@H]1C=C(c2c(F)cc(C(N)=O)c3[nH]c(C)c(Cl)c23)CCC1. The summed E-state index contributed by atoms with van der Waals surface area (Å²) in [5.41, 5.74) is 7.59. The summed E-state index contributed by atoms with van der Waals surface area (Å²) < 4.78 is 14.9. The van der Waals surface area contributed by atoms with Gasteiger partial charge >= 0.3 is 0 Å². The Morgan fingerprint density at radius 2 is 2.23 bits per heavy atom. The van der Waals surface area contributed by atoms with E-state index in [1.165, 1.54) is 6.08 Å². The summed E-state index contributed by atoms with van der Waals surface area (Å²) in [5.74, 6) is -1.57. The second-order valence-corrected chi connectivity index (χ2v) is 6.74. The molecule has 0 aliphatic heterocycles. The molecule has 0 bridgehead atoms. The minimum atomic E-state index is -0.730. The number of benzene rings is 1. The summed E-state index contributed by atoms with van der Waals surface area (Å²) in [4.78, 5) is 26.3. The molecule has 3 rings (SSSR count). The lowest BCUT2D eigenvalue weighted by atomic mass is 9.88. The molecule has 0 fully saturated rings. The van der Waals surface area contributed by atoms with Gasteiger partial charge in [0.25, 0.3) is 5.91 Å². The number of halogens is 2. The fourth-order valence-electron chi connectivity index (χ4n) is 3.42. The molecule has 1 atom stereocenters. The predicted molar refractivity (Wildman–Crippen MR) is 100 cm³/mol. The van der Waals surface area contributed by atoms with Crippen LogP contribution in [-0.4, -0.2) is 22.8 Å². The van der Waals surface area contributed by atoms with E-state index in [2.05, 4.69) is 16.9 Å². The number of hydrogen-bond acceptors (Lipinski definition) is 2. The van der Waals surface area contributed by atoms with E-state index in [0.717, 1.165) is 24.5 Å². The highest BCUT2D eigenvalue weighted by atomic mass is 35.5. The molecule has 0 saturated carbocycles. The first kappa shape index (κ1) is 18.2. The molecule has 4 N–H and O–H groups in total. The maximum absolute atomic E-state index is 14.9. The van der Waals surface area contributed by atoms with Gasteiger partial charge in [0.15, 0.2) is 0 Å². The molecule has 0 spiro atoms. The number of hydrogen-bond donors (Lipinski definition) is 3. The Morgan fingerprint density at radius 3 is 2.88 bits per heavy atom. The highest BCUT2D eigenvalue weighted by Gasteiger charge is 2.25. The van der Waals surface area contributed by atoms with Crippen molar-refractivity contribution >= 4 is 39.9 Å². The van der Waals surface area contributed by atoms with Crippen molar-refractivity contribution in [1.82, 2.24) is 10.3 Å². The van der Waals surface area contributed by atoms with Crippen molar-refractivity contribution < 1.29 is 14.0 Å². The summed E-state index contributed by atoms with van der Waals surface area (Å²) in [5, 5.41) is 3.62. The van der Waals surface area contributed by atoms with Gasteiger partial charge in [-0.1, -0.05) is 24.3 Å². The van der Waals surface area contributed by atoms with Crippen molar-refractivity contribution in [3.8, 4) is 0 Å². The zero-order chi connectivity index (χ0) is 19.0. The van der Waals surface area contributed by atoms with Gasteiger partial charge in [0.1, 0.15) is 5.82 Å². The Bertz CT molecular complexity index is 962. The first-order valence-corrected chi connectivity index (χ1v) is 8.65. The molecular formula is C19H19ClFN3O2. The van der Waals surface area contributed by atoms with Gasteiger partial charge in [-0.25, -0.2) is 4.39 Å². The summed E-state index contributed by atoms with van der Waals surface area (Å²) in [6, 6.07) is 0.923. The number of aromatic nitrogens is 1. The van der Waals surface area contributed by atoms with E-state index in [-0.39, 0.29) is 17.5 Å². The van der Waals surface area contributed by atoms with E-state index < -0.39 is 11.7 Å². The van der Waals surface area contributed by atoms with E-state index in [1.807, 2.05) is 6.08 Å². The Balaban J connectivity index is 2.20. The number of aryl methyl sites for hydroxylation is 1. The van der Waals surface area contributed by atoms with Crippen molar-refractivity contribution in [2.45, 2.75) is 32.2 Å². The molecular weight excluding hydrogens is 357 g/mol. The highest BCUT2D eigenvalue weighted by Crippen LogP contribution is 2.40. The molecule has 2 amide bonds. The van der Waals surface area contributed by atoms with Gasteiger partial charge in [-0.2, -0.15) is 0 Å². The van der Waals surface area contributed by atoms with Crippen LogP contribution in [0.4, 0.5) is 4.39 Å². The Hall–Kier alpha value is -2.60. The average Bonchev–Trinajstić information content (AvgIpc) is 2.89. The highest BCUT2D eigenvalue weighted by molar-refractivity contribution is 6.37. The van der Waals surface area contributed by atoms with Crippen molar-refractivity contribution in [1.29, 1.82) is 0 Å². The molecule has 136 valence electrons. The summed E-state index contributed by atoms with van der Waals surface area (Å²) in [6.45, 7) is 5.19. The quantitative estimate of drug-likeness (QED) is 0.713. The fraction of sp³-hybridized carbons (Fsp3) is 0.263. The topological polar surface area (TPSA) is 88.0 Å². The maximum Gasteiger partial charge on any atom is 0.250 e. The van der Waals surface area contributed by atoms with E-state index in [0.29, 0.717) is 33.6 Å². The van der Waals surface area contributed by atoms with Gasteiger partial charge in [0, 0.05) is 22.7 Å². The minimum Gasteiger partial charge on any atom is -0.366 e. The van der Waals surface area contributed by atoms with Crippen molar-refractivity contribution in [2.75, 3.05) is 0 Å². The second-order valence-electron chi connectivity index (χ2n) is 6.36. The zero-order valence-electron chi connectivity index (χ0n) is 14.3. The lowest BCUT2D eigenvalue weighted by Crippen LogP contribution is -2.33. The number of aromatic amines is 1. The van der Waals surface area contributed by atoms with Gasteiger partial charge in [-0.15, -0.1) is 0 Å². The number of nitrogens with two attached hydrogens (primary N) is 1. The Kier molecular flexibility index (Phi) is 4.87. The summed E-state index contributed by atoms with van der Waals surface area (Å²) in [6.07, 6.45) is 5.23. The second kappa shape index (κ2) is 6.96. The molecule has 1 aromatic heterocycles. The summed E-state index contributed by atoms with van der Waals surface area (Å²) >= 11 is 6.40. The predicted octanol–water partition coefficient (Wildman–Crippen LogP) is 3.61. The van der Waals surface area contributed by atoms with Gasteiger partial charge in [0.05, 0.1) is 16.1 Å². The van der Waals surface area contributed by atoms with Gasteiger partial charge in [-0.3, -0.25) is 9.59 Å². The number of amides is 2. The van der Waals surface area contributed by atoms with Crippen molar-refractivity contribution in [3.63, 3.8) is 0 Å². The van der Waals surface area contributed by atoms with E-state index in [4.69, 9.17) is 17.3 Å². The normalized spacial score (nSPS) is 17.0. The van der Waals surface area contributed by atoms with Crippen LogP contribution in [0.5, 0.6) is 0 Å². The molecule has 2 aromatic rings. The molecule has 26 heavy (non-hydrogen) atoms. The number of allylic oxidation sites excluding steroid dienone is 1. The number of carbonyl (C=O) groups excluding carboxylic acids is 2.